The Morgan fingerprint density at radius 2 is 1.54 bits per heavy atom. The fraction of sp³-hybridized carbons (Fsp3) is 0.905. The lowest BCUT2D eigenvalue weighted by atomic mass is 9.50. The van der Waals surface area contributed by atoms with Gasteiger partial charge in [0.15, 0.2) is 0 Å². The summed E-state index contributed by atoms with van der Waals surface area (Å²) in [6.45, 7) is 7.74. The van der Waals surface area contributed by atoms with Crippen molar-refractivity contribution in [3.05, 3.63) is 11.3 Å². The molecule has 0 fully saturated rings. The number of allylic oxidation sites excluding steroid dienone is 2. The minimum Gasteiger partial charge on any atom is -0.539 e. The third kappa shape index (κ3) is 4.81. The maximum atomic E-state index is 6.44. The van der Waals surface area contributed by atoms with Gasteiger partial charge in [-0.1, -0.05) is 65.7 Å². The second-order valence-corrected chi connectivity index (χ2v) is 7.85. The molecule has 0 saturated carbocycles. The Bertz CT molecular complexity index is 383. The van der Waals surface area contributed by atoms with Crippen LogP contribution in [0.5, 0.6) is 0 Å². The van der Waals surface area contributed by atoms with Crippen LogP contribution >= 0.6 is 0 Å². The molecule has 1 heterocycles. The summed E-state index contributed by atoms with van der Waals surface area (Å²) in [4.78, 5) is 0. The van der Waals surface area contributed by atoms with Crippen LogP contribution in [0.2, 0.25) is 5.31 Å². The zero-order valence-electron chi connectivity index (χ0n) is 16.5. The van der Waals surface area contributed by atoms with Crippen molar-refractivity contribution in [3.63, 3.8) is 0 Å². The Kier molecular flexibility index (Phi) is 8.73. The third-order valence-electron chi connectivity index (χ3n) is 5.94. The first-order valence-electron chi connectivity index (χ1n) is 10.8. The van der Waals surface area contributed by atoms with Crippen LogP contribution in [0.15, 0.2) is 11.3 Å². The van der Waals surface area contributed by atoms with Crippen LogP contribution in [0.3, 0.4) is 0 Å². The van der Waals surface area contributed by atoms with Crippen molar-refractivity contribution in [2.45, 2.75) is 116 Å². The van der Waals surface area contributed by atoms with Gasteiger partial charge in [-0.2, -0.15) is 0 Å². The van der Waals surface area contributed by atoms with Gasteiger partial charge in [0.2, 0.25) is 0 Å². The fourth-order valence-corrected chi connectivity index (χ4v) is 4.48. The number of unbranched alkanes of at least 4 members (excludes halogenated alkanes) is 5. The van der Waals surface area contributed by atoms with Crippen LogP contribution in [0.1, 0.15) is 111 Å². The predicted molar refractivity (Wildman–Crippen MR) is 104 cm³/mol. The molecular weight excluding hydrogens is 295 g/mol. The quantitative estimate of drug-likeness (QED) is 0.281. The summed E-state index contributed by atoms with van der Waals surface area (Å²) in [5, 5.41) is 0.187. The second-order valence-electron chi connectivity index (χ2n) is 7.85. The minimum absolute atomic E-state index is 0.000302. The lowest BCUT2D eigenvalue weighted by Gasteiger charge is -2.34. The van der Waals surface area contributed by atoms with Crippen molar-refractivity contribution in [2.75, 3.05) is 6.61 Å². The van der Waals surface area contributed by atoms with E-state index in [1.807, 2.05) is 0 Å². The maximum Gasteiger partial charge on any atom is 0.536 e. The molecule has 0 atom stereocenters. The maximum absolute atomic E-state index is 6.44. The molecule has 0 aromatic rings. The summed E-state index contributed by atoms with van der Waals surface area (Å²) >= 11 is 0. The van der Waals surface area contributed by atoms with Gasteiger partial charge >= 0.3 is 7.12 Å². The number of rotatable bonds is 12. The van der Waals surface area contributed by atoms with Gasteiger partial charge in [0.25, 0.3) is 0 Å². The summed E-state index contributed by atoms with van der Waals surface area (Å²) in [6, 6.07) is 0. The predicted octanol–water partition coefficient (Wildman–Crippen LogP) is 7.05. The van der Waals surface area contributed by atoms with Gasteiger partial charge in [0.05, 0.1) is 5.76 Å². The van der Waals surface area contributed by atoms with Crippen LogP contribution in [0.25, 0.3) is 0 Å². The average Bonchev–Trinajstić information content (AvgIpc) is 2.92. The summed E-state index contributed by atoms with van der Waals surface area (Å²) in [5.41, 5.74) is 1.65. The molecule has 0 amide bonds. The molecule has 0 radical (unpaired) electrons. The highest BCUT2D eigenvalue weighted by atomic mass is 16.6. The van der Waals surface area contributed by atoms with E-state index in [2.05, 4.69) is 20.8 Å². The third-order valence-corrected chi connectivity index (χ3v) is 5.94. The topological polar surface area (TPSA) is 18.5 Å². The van der Waals surface area contributed by atoms with Gasteiger partial charge < -0.3 is 9.31 Å². The first-order chi connectivity index (χ1) is 11.8. The van der Waals surface area contributed by atoms with E-state index in [0.717, 1.165) is 13.0 Å². The van der Waals surface area contributed by atoms with Gasteiger partial charge in [0.1, 0.15) is 0 Å². The molecule has 0 N–H and O–H groups in total. The molecule has 138 valence electrons. The summed E-state index contributed by atoms with van der Waals surface area (Å²) in [5.74, 6) is 1.31. The zero-order valence-corrected chi connectivity index (χ0v) is 16.5. The van der Waals surface area contributed by atoms with Crippen molar-refractivity contribution in [1.29, 1.82) is 0 Å². The Morgan fingerprint density at radius 3 is 2.21 bits per heavy atom. The first-order valence-corrected chi connectivity index (χ1v) is 10.8. The number of hydrogen-bond acceptors (Lipinski definition) is 2. The van der Waals surface area contributed by atoms with Crippen LogP contribution in [-0.2, 0) is 9.31 Å². The standard InChI is InChI=1S/C21H39BO2/c1-4-7-10-13-18-23-22-21(16-8-5-2,17-9-6-3)19-14-11-12-15-20(19)24-22/h4-18H2,1-3H3. The molecule has 2 aliphatic rings. The average molecular weight is 334 g/mol. The molecule has 2 rings (SSSR count). The van der Waals surface area contributed by atoms with Crippen LogP contribution in [-0.4, -0.2) is 13.7 Å². The molecule has 3 heteroatoms. The second kappa shape index (κ2) is 10.5. The number of hydrogen-bond donors (Lipinski definition) is 0. The summed E-state index contributed by atoms with van der Waals surface area (Å²) in [6.07, 6.45) is 17.7. The Labute approximate surface area is 150 Å². The van der Waals surface area contributed by atoms with E-state index in [1.165, 1.54) is 89.2 Å². The molecule has 1 aliphatic heterocycles. The summed E-state index contributed by atoms with van der Waals surface area (Å²) in [7, 11) is 0.000302. The minimum atomic E-state index is 0.000302. The van der Waals surface area contributed by atoms with Crippen molar-refractivity contribution >= 4 is 7.12 Å². The molecule has 24 heavy (non-hydrogen) atoms. The molecule has 2 nitrogen and oxygen atoms in total. The monoisotopic (exact) mass is 334 g/mol. The normalized spacial score (nSPS) is 19.5. The van der Waals surface area contributed by atoms with Crippen molar-refractivity contribution in [3.8, 4) is 0 Å². The van der Waals surface area contributed by atoms with E-state index in [4.69, 9.17) is 9.31 Å². The molecule has 1 aliphatic carbocycles. The zero-order chi connectivity index (χ0) is 17.3. The highest BCUT2D eigenvalue weighted by Crippen LogP contribution is 2.58. The van der Waals surface area contributed by atoms with Crippen molar-refractivity contribution < 1.29 is 9.31 Å². The lowest BCUT2D eigenvalue weighted by Crippen LogP contribution is -2.35. The van der Waals surface area contributed by atoms with Crippen molar-refractivity contribution in [1.82, 2.24) is 0 Å². The molecule has 0 saturated heterocycles. The highest BCUT2D eigenvalue weighted by molar-refractivity contribution is 6.51. The molecule has 0 aromatic carbocycles. The lowest BCUT2D eigenvalue weighted by molar-refractivity contribution is 0.214. The molecular formula is C21H39BO2. The SMILES string of the molecule is CCCCCCOB1OC2=C(CCCC2)C1(CCCC)CCCC. The van der Waals surface area contributed by atoms with Gasteiger partial charge in [-0.25, -0.2) is 0 Å². The van der Waals surface area contributed by atoms with E-state index >= 15 is 0 Å². The fourth-order valence-electron chi connectivity index (χ4n) is 4.48. The largest absolute Gasteiger partial charge is 0.539 e. The Morgan fingerprint density at radius 1 is 0.875 bits per heavy atom. The smallest absolute Gasteiger partial charge is 0.536 e. The van der Waals surface area contributed by atoms with Crippen molar-refractivity contribution in [2.24, 2.45) is 0 Å². The van der Waals surface area contributed by atoms with Gasteiger partial charge in [0, 0.05) is 18.3 Å². The first kappa shape index (κ1) is 19.9. The molecule has 0 bridgehead atoms. The highest BCUT2D eigenvalue weighted by Gasteiger charge is 2.55. The summed E-state index contributed by atoms with van der Waals surface area (Å²) < 4.78 is 12.8. The Balaban J connectivity index is 2.07. The Hall–Kier alpha value is -0.435. The molecule has 0 aromatic heterocycles. The van der Waals surface area contributed by atoms with E-state index in [0.29, 0.717) is 0 Å². The van der Waals surface area contributed by atoms with E-state index < -0.39 is 0 Å². The van der Waals surface area contributed by atoms with E-state index in [-0.39, 0.29) is 12.4 Å². The van der Waals surface area contributed by atoms with Gasteiger partial charge in [-0.15, -0.1) is 0 Å². The van der Waals surface area contributed by atoms with Gasteiger partial charge in [-0.3, -0.25) is 0 Å². The molecule has 0 unspecified atom stereocenters. The van der Waals surface area contributed by atoms with Crippen LogP contribution < -0.4 is 0 Å². The van der Waals surface area contributed by atoms with Crippen LogP contribution in [0.4, 0.5) is 0 Å². The van der Waals surface area contributed by atoms with E-state index in [9.17, 15) is 0 Å². The van der Waals surface area contributed by atoms with Crippen LogP contribution in [0, 0.1) is 0 Å². The molecule has 0 spiro atoms. The van der Waals surface area contributed by atoms with E-state index in [1.54, 1.807) is 5.57 Å². The van der Waals surface area contributed by atoms with Gasteiger partial charge in [-0.05, 0) is 44.1 Å².